The van der Waals surface area contributed by atoms with Gasteiger partial charge in [-0.2, -0.15) is 0 Å². The average molecular weight is 241 g/mol. The summed E-state index contributed by atoms with van der Waals surface area (Å²) in [5.74, 6) is 0.637. The lowest BCUT2D eigenvalue weighted by molar-refractivity contribution is 0.200. The van der Waals surface area contributed by atoms with Gasteiger partial charge in [-0.05, 0) is 37.6 Å². The van der Waals surface area contributed by atoms with Crippen LogP contribution in [0.25, 0.3) is 0 Å². The lowest BCUT2D eigenvalue weighted by atomic mass is 10.0. The molecule has 0 bridgehead atoms. The van der Waals surface area contributed by atoms with E-state index in [0.717, 1.165) is 17.1 Å². The van der Waals surface area contributed by atoms with Crippen LogP contribution in [-0.2, 0) is 6.54 Å². The van der Waals surface area contributed by atoms with Crippen molar-refractivity contribution in [3.8, 4) is 0 Å². The average Bonchev–Trinajstić information content (AvgIpc) is 2.20. The van der Waals surface area contributed by atoms with E-state index < -0.39 is 0 Å². The van der Waals surface area contributed by atoms with Gasteiger partial charge in [0.2, 0.25) is 0 Å². The predicted octanol–water partition coefficient (Wildman–Crippen LogP) is 3.40. The molecule has 90 valence electrons. The molecular weight excluding hydrogens is 220 g/mol. The van der Waals surface area contributed by atoms with E-state index in [1.807, 2.05) is 18.2 Å². The first-order valence-electron chi connectivity index (χ1n) is 5.66. The molecule has 16 heavy (non-hydrogen) atoms. The normalized spacial score (nSPS) is 13.4. The Morgan fingerprint density at radius 3 is 2.44 bits per heavy atom. The van der Waals surface area contributed by atoms with Crippen LogP contribution in [0.1, 0.15) is 26.3 Å². The van der Waals surface area contributed by atoms with Gasteiger partial charge in [-0.25, -0.2) is 0 Å². The van der Waals surface area contributed by atoms with Gasteiger partial charge in [-0.15, -0.1) is 0 Å². The van der Waals surface area contributed by atoms with E-state index in [9.17, 15) is 0 Å². The van der Waals surface area contributed by atoms with Gasteiger partial charge >= 0.3 is 0 Å². The molecule has 0 radical (unpaired) electrons. The molecule has 0 heterocycles. The molecule has 3 heteroatoms. The first-order chi connectivity index (χ1) is 7.41. The van der Waals surface area contributed by atoms with Crippen molar-refractivity contribution in [3.05, 3.63) is 28.8 Å². The van der Waals surface area contributed by atoms with Crippen LogP contribution < -0.4 is 5.73 Å². The number of hydrogen-bond acceptors (Lipinski definition) is 2. The summed E-state index contributed by atoms with van der Waals surface area (Å²) in [4.78, 5) is 2.31. The number of halogens is 1. The highest BCUT2D eigenvalue weighted by Gasteiger charge is 2.14. The van der Waals surface area contributed by atoms with E-state index in [2.05, 4.69) is 32.7 Å². The van der Waals surface area contributed by atoms with Gasteiger partial charge in [0, 0.05) is 23.3 Å². The molecule has 0 saturated heterocycles. The van der Waals surface area contributed by atoms with Crippen molar-refractivity contribution in [2.75, 3.05) is 12.8 Å². The Bertz CT molecular complexity index is 350. The molecule has 0 aliphatic rings. The molecule has 1 atom stereocenters. The molecule has 0 fully saturated rings. The maximum absolute atomic E-state index is 6.15. The van der Waals surface area contributed by atoms with Crippen molar-refractivity contribution >= 4 is 17.3 Å². The number of nitrogen functional groups attached to an aromatic ring is 1. The Morgan fingerprint density at radius 1 is 1.31 bits per heavy atom. The van der Waals surface area contributed by atoms with Crippen LogP contribution in [0.4, 0.5) is 5.69 Å². The Hall–Kier alpha value is -0.730. The van der Waals surface area contributed by atoms with Crippen LogP contribution in [0.3, 0.4) is 0 Å². The van der Waals surface area contributed by atoms with E-state index in [0.29, 0.717) is 17.6 Å². The van der Waals surface area contributed by atoms with Crippen molar-refractivity contribution in [2.24, 2.45) is 5.92 Å². The van der Waals surface area contributed by atoms with Crippen LogP contribution in [-0.4, -0.2) is 18.0 Å². The second-order valence-electron chi connectivity index (χ2n) is 4.75. The Balaban J connectivity index is 2.73. The fourth-order valence-corrected chi connectivity index (χ4v) is 1.86. The lowest BCUT2D eigenvalue weighted by Crippen LogP contribution is -2.32. The van der Waals surface area contributed by atoms with Gasteiger partial charge in [0.25, 0.3) is 0 Å². The summed E-state index contributed by atoms with van der Waals surface area (Å²) >= 11 is 6.15. The Morgan fingerprint density at radius 2 is 1.94 bits per heavy atom. The molecule has 0 aliphatic carbocycles. The number of benzene rings is 1. The number of hydrogen-bond donors (Lipinski definition) is 1. The zero-order chi connectivity index (χ0) is 12.3. The van der Waals surface area contributed by atoms with Crippen LogP contribution in [0.15, 0.2) is 18.2 Å². The van der Waals surface area contributed by atoms with Gasteiger partial charge in [0.15, 0.2) is 0 Å². The summed E-state index contributed by atoms with van der Waals surface area (Å²) in [6.45, 7) is 7.55. The molecule has 2 nitrogen and oxygen atoms in total. The van der Waals surface area contributed by atoms with Crippen molar-refractivity contribution < 1.29 is 0 Å². The molecule has 1 aromatic carbocycles. The largest absolute Gasteiger partial charge is 0.399 e. The van der Waals surface area contributed by atoms with Crippen LogP contribution in [0.2, 0.25) is 5.02 Å². The van der Waals surface area contributed by atoms with E-state index in [1.54, 1.807) is 0 Å². The van der Waals surface area contributed by atoms with Crippen molar-refractivity contribution in [3.63, 3.8) is 0 Å². The van der Waals surface area contributed by atoms with Gasteiger partial charge < -0.3 is 5.73 Å². The monoisotopic (exact) mass is 240 g/mol. The summed E-state index contributed by atoms with van der Waals surface area (Å²) in [5.41, 5.74) is 7.51. The van der Waals surface area contributed by atoms with E-state index in [-0.39, 0.29) is 0 Å². The molecule has 1 unspecified atom stereocenters. The minimum absolute atomic E-state index is 0.536. The maximum Gasteiger partial charge on any atom is 0.0471 e. The third-order valence-corrected chi connectivity index (χ3v) is 3.51. The zero-order valence-electron chi connectivity index (χ0n) is 10.5. The van der Waals surface area contributed by atoms with E-state index >= 15 is 0 Å². The summed E-state index contributed by atoms with van der Waals surface area (Å²) in [6.07, 6.45) is 0. The van der Waals surface area contributed by atoms with E-state index in [1.165, 1.54) is 0 Å². The maximum atomic E-state index is 6.15. The number of nitrogens with zero attached hydrogens (tertiary/aromatic N) is 1. The van der Waals surface area contributed by atoms with E-state index in [4.69, 9.17) is 17.3 Å². The van der Waals surface area contributed by atoms with Crippen LogP contribution >= 0.6 is 11.6 Å². The third-order valence-electron chi connectivity index (χ3n) is 3.16. The molecule has 2 N–H and O–H groups in total. The third kappa shape index (κ3) is 3.39. The smallest absolute Gasteiger partial charge is 0.0471 e. The quantitative estimate of drug-likeness (QED) is 0.818. The zero-order valence-corrected chi connectivity index (χ0v) is 11.3. The fraction of sp³-hybridized carbons (Fsp3) is 0.538. The number of rotatable bonds is 4. The van der Waals surface area contributed by atoms with Gasteiger partial charge in [-0.1, -0.05) is 31.5 Å². The highest BCUT2D eigenvalue weighted by atomic mass is 35.5. The van der Waals surface area contributed by atoms with Crippen LogP contribution in [0.5, 0.6) is 0 Å². The van der Waals surface area contributed by atoms with Crippen molar-refractivity contribution in [2.45, 2.75) is 33.4 Å². The topological polar surface area (TPSA) is 29.3 Å². The lowest BCUT2D eigenvalue weighted by Gasteiger charge is -2.28. The SMILES string of the molecule is CC(C)C(C)N(C)Cc1ccc(N)cc1Cl. The molecule has 0 aromatic heterocycles. The summed E-state index contributed by atoms with van der Waals surface area (Å²) in [5, 5.41) is 0.753. The molecular formula is C13H21ClN2. The fourth-order valence-electron chi connectivity index (χ4n) is 1.61. The second kappa shape index (κ2) is 5.55. The minimum atomic E-state index is 0.536. The molecule has 0 saturated carbocycles. The first kappa shape index (κ1) is 13.3. The Kier molecular flexibility index (Phi) is 4.63. The van der Waals surface area contributed by atoms with Crippen molar-refractivity contribution in [1.82, 2.24) is 4.90 Å². The predicted molar refractivity (Wildman–Crippen MR) is 71.6 cm³/mol. The first-order valence-corrected chi connectivity index (χ1v) is 6.03. The van der Waals surface area contributed by atoms with Gasteiger partial charge in [0.1, 0.15) is 0 Å². The summed E-state index contributed by atoms with van der Waals surface area (Å²) < 4.78 is 0. The van der Waals surface area contributed by atoms with Crippen molar-refractivity contribution in [1.29, 1.82) is 0 Å². The van der Waals surface area contributed by atoms with Crippen LogP contribution in [0, 0.1) is 5.92 Å². The standard InChI is InChI=1S/C13H21ClN2/c1-9(2)10(3)16(4)8-11-5-6-12(15)7-13(11)14/h5-7,9-10H,8,15H2,1-4H3. The number of anilines is 1. The summed E-state index contributed by atoms with van der Waals surface area (Å²) in [6, 6.07) is 6.25. The minimum Gasteiger partial charge on any atom is -0.399 e. The van der Waals surface area contributed by atoms with Gasteiger partial charge in [0.05, 0.1) is 0 Å². The van der Waals surface area contributed by atoms with Gasteiger partial charge in [-0.3, -0.25) is 4.90 Å². The molecule has 0 aliphatic heterocycles. The highest BCUT2D eigenvalue weighted by Crippen LogP contribution is 2.21. The molecule has 0 amide bonds. The summed E-state index contributed by atoms with van der Waals surface area (Å²) in [7, 11) is 2.12. The molecule has 1 rings (SSSR count). The second-order valence-corrected chi connectivity index (χ2v) is 5.16. The number of nitrogens with two attached hydrogens (primary N) is 1. The molecule has 1 aromatic rings. The molecule has 0 spiro atoms. The highest BCUT2D eigenvalue weighted by molar-refractivity contribution is 6.31. The Labute approximate surface area is 103 Å².